The van der Waals surface area contributed by atoms with E-state index in [9.17, 15) is 9.18 Å². The van der Waals surface area contributed by atoms with Crippen molar-refractivity contribution in [1.82, 2.24) is 10.2 Å². The van der Waals surface area contributed by atoms with Gasteiger partial charge in [0.05, 0.1) is 6.54 Å². The number of amides is 1. The van der Waals surface area contributed by atoms with Crippen LogP contribution in [0.25, 0.3) is 0 Å². The summed E-state index contributed by atoms with van der Waals surface area (Å²) in [5, 5.41) is 3.16. The summed E-state index contributed by atoms with van der Waals surface area (Å²) in [6.45, 7) is 1.47. The van der Waals surface area contributed by atoms with Crippen LogP contribution in [-0.2, 0) is 4.74 Å². The van der Waals surface area contributed by atoms with E-state index in [1.54, 1.807) is 13.2 Å². The van der Waals surface area contributed by atoms with Crippen LogP contribution < -0.4 is 5.32 Å². The molecule has 0 aromatic heterocycles. The molecule has 0 spiro atoms. The second-order valence-corrected chi connectivity index (χ2v) is 5.40. The van der Waals surface area contributed by atoms with Gasteiger partial charge in [0.2, 0.25) is 0 Å². The van der Waals surface area contributed by atoms with Gasteiger partial charge in [0.1, 0.15) is 5.83 Å². The van der Waals surface area contributed by atoms with Crippen molar-refractivity contribution in [3.63, 3.8) is 0 Å². The second kappa shape index (κ2) is 5.95. The number of fused-ring (bicyclic) bond motifs is 1. The number of rotatable bonds is 3. The van der Waals surface area contributed by atoms with Crippen molar-refractivity contribution in [2.75, 3.05) is 26.7 Å². The number of methoxy groups -OCH3 is 1. The smallest absolute Gasteiger partial charge is 0.256 e. The molecular formula is C16H19FN2O2. The van der Waals surface area contributed by atoms with Gasteiger partial charge in [-0.2, -0.15) is 0 Å². The number of carbonyl (C=O) groups excluding carboxylic acids is 1. The maximum Gasteiger partial charge on any atom is 0.256 e. The van der Waals surface area contributed by atoms with E-state index in [1.165, 1.54) is 4.90 Å². The predicted molar refractivity (Wildman–Crippen MR) is 77.5 cm³/mol. The normalized spacial score (nSPS) is 24.2. The van der Waals surface area contributed by atoms with Crippen molar-refractivity contribution in [2.45, 2.75) is 19.1 Å². The fraction of sp³-hybridized carbons (Fsp3) is 0.438. The molecule has 1 aromatic rings. The first kappa shape index (κ1) is 14.2. The first-order chi connectivity index (χ1) is 10.2. The fourth-order valence-electron chi connectivity index (χ4n) is 2.99. The molecule has 2 aliphatic rings. The molecule has 1 aromatic carbocycles. The molecule has 0 saturated carbocycles. The van der Waals surface area contributed by atoms with E-state index < -0.39 is 6.23 Å². The molecular weight excluding hydrogens is 271 g/mol. The van der Waals surface area contributed by atoms with E-state index in [-0.39, 0.29) is 18.3 Å². The summed E-state index contributed by atoms with van der Waals surface area (Å²) < 4.78 is 19.8. The maximum absolute atomic E-state index is 14.4. The van der Waals surface area contributed by atoms with Gasteiger partial charge in [-0.1, -0.05) is 18.2 Å². The number of benzene rings is 1. The van der Waals surface area contributed by atoms with Crippen LogP contribution in [0.4, 0.5) is 4.39 Å². The first-order valence-electron chi connectivity index (χ1n) is 7.22. The highest BCUT2D eigenvalue weighted by molar-refractivity contribution is 5.99. The molecule has 5 heteroatoms. The Hall–Kier alpha value is -1.72. The van der Waals surface area contributed by atoms with Crippen LogP contribution in [0.3, 0.4) is 0 Å². The molecule has 1 fully saturated rings. The Morgan fingerprint density at radius 1 is 1.48 bits per heavy atom. The van der Waals surface area contributed by atoms with Gasteiger partial charge in [-0.15, -0.1) is 0 Å². The molecule has 2 aliphatic heterocycles. The van der Waals surface area contributed by atoms with Crippen LogP contribution in [0.2, 0.25) is 0 Å². The molecule has 4 nitrogen and oxygen atoms in total. The third-order valence-electron chi connectivity index (χ3n) is 4.09. The van der Waals surface area contributed by atoms with E-state index in [2.05, 4.69) is 5.32 Å². The summed E-state index contributed by atoms with van der Waals surface area (Å²) >= 11 is 0. The average molecular weight is 290 g/mol. The lowest BCUT2D eigenvalue weighted by Crippen LogP contribution is -2.32. The molecule has 0 bridgehead atoms. The van der Waals surface area contributed by atoms with Gasteiger partial charge in [0.15, 0.2) is 6.23 Å². The Kier molecular flexibility index (Phi) is 4.03. The Morgan fingerprint density at radius 3 is 3.00 bits per heavy atom. The van der Waals surface area contributed by atoms with Gasteiger partial charge < -0.3 is 15.0 Å². The Labute approximate surface area is 123 Å². The summed E-state index contributed by atoms with van der Waals surface area (Å²) in [5.74, 6) is -0.387. The van der Waals surface area contributed by atoms with Crippen LogP contribution in [0.1, 0.15) is 35.0 Å². The van der Waals surface area contributed by atoms with E-state index in [0.717, 1.165) is 30.5 Å². The highest BCUT2D eigenvalue weighted by Gasteiger charge is 2.37. The van der Waals surface area contributed by atoms with E-state index >= 15 is 0 Å². The minimum absolute atomic E-state index is 0.0248. The zero-order chi connectivity index (χ0) is 14.8. The van der Waals surface area contributed by atoms with Gasteiger partial charge >= 0.3 is 0 Å². The van der Waals surface area contributed by atoms with Crippen molar-refractivity contribution in [3.8, 4) is 0 Å². The molecule has 0 aliphatic carbocycles. The number of hydrogen-bond acceptors (Lipinski definition) is 3. The summed E-state index contributed by atoms with van der Waals surface area (Å²) in [5.41, 5.74) is 2.17. The Balaban J connectivity index is 1.84. The van der Waals surface area contributed by atoms with Crippen LogP contribution in [0, 0.1) is 0 Å². The van der Waals surface area contributed by atoms with Gasteiger partial charge in [0.25, 0.3) is 5.91 Å². The lowest BCUT2D eigenvalue weighted by molar-refractivity contribution is -0.0105. The van der Waals surface area contributed by atoms with Crippen molar-refractivity contribution in [3.05, 3.63) is 46.8 Å². The van der Waals surface area contributed by atoms with Gasteiger partial charge in [0, 0.05) is 24.8 Å². The minimum Gasteiger partial charge on any atom is -0.357 e. The molecule has 2 heterocycles. The molecule has 1 atom stereocenters. The summed E-state index contributed by atoms with van der Waals surface area (Å²) in [6.07, 6.45) is 1.19. The molecule has 3 rings (SSSR count). The third kappa shape index (κ3) is 2.59. The second-order valence-electron chi connectivity index (χ2n) is 5.40. The number of nitrogens with zero attached hydrogens (tertiary/aromatic N) is 1. The number of piperidine rings is 1. The van der Waals surface area contributed by atoms with Gasteiger partial charge in [-0.05, 0) is 31.0 Å². The lowest BCUT2D eigenvalue weighted by Gasteiger charge is -2.25. The zero-order valence-corrected chi connectivity index (χ0v) is 12.1. The number of hydrogen-bond donors (Lipinski definition) is 1. The van der Waals surface area contributed by atoms with Gasteiger partial charge in [-0.3, -0.25) is 4.79 Å². The monoisotopic (exact) mass is 290 g/mol. The van der Waals surface area contributed by atoms with Crippen molar-refractivity contribution in [2.24, 2.45) is 0 Å². The maximum atomic E-state index is 14.4. The van der Waals surface area contributed by atoms with E-state index in [0.29, 0.717) is 12.1 Å². The molecule has 1 saturated heterocycles. The molecule has 1 unspecified atom stereocenters. The SMILES string of the molecule is COC1c2ccccc2C(=O)N1C/C(F)=C1/CCCNC1. The van der Waals surface area contributed by atoms with E-state index in [1.807, 2.05) is 18.2 Å². The standard InChI is InChI=1S/C16H19FN2O2/c1-21-16-13-7-3-2-6-12(13)15(20)19(16)10-14(17)11-5-4-8-18-9-11/h2-3,6-7,16,18H,4-5,8-10H2,1H3/b14-11+. The lowest BCUT2D eigenvalue weighted by atomic mass is 10.1. The molecule has 21 heavy (non-hydrogen) atoms. The van der Waals surface area contributed by atoms with Crippen molar-refractivity contribution < 1.29 is 13.9 Å². The average Bonchev–Trinajstić information content (AvgIpc) is 2.80. The summed E-state index contributed by atoms with van der Waals surface area (Å²) in [4.78, 5) is 13.9. The fourth-order valence-corrected chi connectivity index (χ4v) is 2.99. The first-order valence-corrected chi connectivity index (χ1v) is 7.22. The molecule has 1 amide bonds. The third-order valence-corrected chi connectivity index (χ3v) is 4.09. The van der Waals surface area contributed by atoms with Gasteiger partial charge in [-0.25, -0.2) is 4.39 Å². The van der Waals surface area contributed by atoms with Crippen LogP contribution in [-0.4, -0.2) is 37.6 Å². The molecule has 0 radical (unpaired) electrons. The topological polar surface area (TPSA) is 41.6 Å². The van der Waals surface area contributed by atoms with Crippen LogP contribution >= 0.6 is 0 Å². The van der Waals surface area contributed by atoms with Crippen LogP contribution in [0.5, 0.6) is 0 Å². The summed E-state index contributed by atoms with van der Waals surface area (Å²) in [6, 6.07) is 7.29. The zero-order valence-electron chi connectivity index (χ0n) is 12.1. The summed E-state index contributed by atoms with van der Waals surface area (Å²) in [7, 11) is 1.54. The van der Waals surface area contributed by atoms with Crippen molar-refractivity contribution >= 4 is 5.91 Å². The Morgan fingerprint density at radius 2 is 2.29 bits per heavy atom. The predicted octanol–water partition coefficient (Wildman–Crippen LogP) is 2.39. The van der Waals surface area contributed by atoms with Crippen LogP contribution in [0.15, 0.2) is 35.7 Å². The number of nitrogens with one attached hydrogen (secondary N) is 1. The molecule has 112 valence electrons. The number of halogens is 1. The quantitative estimate of drug-likeness (QED) is 0.929. The largest absolute Gasteiger partial charge is 0.357 e. The molecule has 1 N–H and O–H groups in total. The highest BCUT2D eigenvalue weighted by atomic mass is 19.1. The number of ether oxygens (including phenoxy) is 1. The van der Waals surface area contributed by atoms with Crippen molar-refractivity contribution in [1.29, 1.82) is 0 Å². The van der Waals surface area contributed by atoms with E-state index in [4.69, 9.17) is 4.74 Å². The highest BCUT2D eigenvalue weighted by Crippen LogP contribution is 2.34. The number of carbonyl (C=O) groups is 1. The Bertz CT molecular complexity index is 577. The minimum atomic E-state index is -0.503.